The summed E-state index contributed by atoms with van der Waals surface area (Å²) in [5.41, 5.74) is -0.340. The highest BCUT2D eigenvalue weighted by atomic mass is 16.6. The van der Waals surface area contributed by atoms with Gasteiger partial charge in [0.05, 0.1) is 5.92 Å². The monoisotopic (exact) mass is 288 g/mol. The number of carbonyl (C=O) groups is 1. The summed E-state index contributed by atoms with van der Waals surface area (Å²) in [7, 11) is 0. The van der Waals surface area contributed by atoms with Gasteiger partial charge in [-0.3, -0.25) is 4.79 Å². The third-order valence-corrected chi connectivity index (χ3v) is 7.33. The van der Waals surface area contributed by atoms with Gasteiger partial charge in [-0.25, -0.2) is 0 Å². The maximum absolute atomic E-state index is 12.7. The van der Waals surface area contributed by atoms with Gasteiger partial charge in [0, 0.05) is 0 Å². The molecular formula is C19H28O2. The van der Waals surface area contributed by atoms with Gasteiger partial charge in [0.15, 0.2) is 0 Å². The fourth-order valence-electron chi connectivity index (χ4n) is 5.74. The van der Waals surface area contributed by atoms with Crippen LogP contribution in [0, 0.1) is 47.3 Å². The smallest absolute Gasteiger partial charge is 0.309 e. The highest BCUT2D eigenvalue weighted by Gasteiger charge is 2.62. The predicted molar refractivity (Wildman–Crippen MR) is 82.4 cm³/mol. The predicted octanol–water partition coefficient (Wildman–Crippen LogP) is 4.06. The van der Waals surface area contributed by atoms with Gasteiger partial charge in [-0.05, 0) is 74.5 Å². The van der Waals surface area contributed by atoms with Gasteiger partial charge in [-0.2, -0.15) is 0 Å². The van der Waals surface area contributed by atoms with Crippen molar-refractivity contribution in [1.82, 2.24) is 0 Å². The van der Waals surface area contributed by atoms with Crippen LogP contribution in [-0.4, -0.2) is 11.6 Å². The van der Waals surface area contributed by atoms with E-state index in [0.29, 0.717) is 11.8 Å². The van der Waals surface area contributed by atoms with Gasteiger partial charge in [0.2, 0.25) is 0 Å². The van der Waals surface area contributed by atoms with E-state index in [0.717, 1.165) is 36.0 Å². The highest BCUT2D eigenvalue weighted by Crippen LogP contribution is 2.67. The number of fused-ring (bicyclic) bond motifs is 9. The molecule has 0 aliphatic heterocycles. The largest absolute Gasteiger partial charge is 0.459 e. The number of hydrogen-bond acceptors (Lipinski definition) is 2. The first kappa shape index (κ1) is 13.8. The van der Waals surface area contributed by atoms with Gasteiger partial charge in [-0.1, -0.05) is 26.0 Å². The van der Waals surface area contributed by atoms with Crippen molar-refractivity contribution in [1.29, 1.82) is 0 Å². The Morgan fingerprint density at radius 2 is 1.76 bits per heavy atom. The highest BCUT2D eigenvalue weighted by molar-refractivity contribution is 5.74. The van der Waals surface area contributed by atoms with Gasteiger partial charge in [0.25, 0.3) is 0 Å². The third-order valence-electron chi connectivity index (χ3n) is 7.33. The molecule has 0 radical (unpaired) electrons. The zero-order valence-electron chi connectivity index (χ0n) is 13.7. The van der Waals surface area contributed by atoms with E-state index in [4.69, 9.17) is 4.74 Å². The molecule has 0 aromatic rings. The first-order chi connectivity index (χ1) is 9.88. The van der Waals surface area contributed by atoms with Crippen molar-refractivity contribution in [3.63, 3.8) is 0 Å². The van der Waals surface area contributed by atoms with Crippen LogP contribution in [0.15, 0.2) is 12.2 Å². The first-order valence-electron chi connectivity index (χ1n) is 8.79. The van der Waals surface area contributed by atoms with Crippen LogP contribution < -0.4 is 0 Å². The fraction of sp³-hybridized carbons (Fsp3) is 0.842. The Kier molecular flexibility index (Phi) is 2.88. The molecule has 0 spiro atoms. The molecule has 0 heterocycles. The van der Waals surface area contributed by atoms with E-state index in [9.17, 15) is 4.79 Å². The topological polar surface area (TPSA) is 26.3 Å². The molecule has 4 bridgehead atoms. The molecule has 2 heteroatoms. The maximum Gasteiger partial charge on any atom is 0.309 e. The molecule has 4 aliphatic carbocycles. The Hall–Kier alpha value is -0.790. The molecule has 3 fully saturated rings. The van der Waals surface area contributed by atoms with Gasteiger partial charge in [0.1, 0.15) is 5.60 Å². The van der Waals surface area contributed by atoms with Crippen LogP contribution in [0.25, 0.3) is 0 Å². The van der Waals surface area contributed by atoms with Crippen molar-refractivity contribution < 1.29 is 9.53 Å². The molecule has 0 saturated heterocycles. The van der Waals surface area contributed by atoms with Crippen molar-refractivity contribution in [2.24, 2.45) is 47.3 Å². The minimum Gasteiger partial charge on any atom is -0.459 e. The summed E-state index contributed by atoms with van der Waals surface area (Å²) in [5, 5.41) is 0. The molecule has 3 saturated carbocycles. The van der Waals surface area contributed by atoms with Crippen LogP contribution in [0.2, 0.25) is 0 Å². The van der Waals surface area contributed by atoms with Crippen LogP contribution in [0.3, 0.4) is 0 Å². The SMILES string of the molecule is CC(C)C(C)(C)OC(=O)C1CC2CC1C1C3C=CC(C3)C21. The molecule has 0 aromatic heterocycles. The van der Waals surface area contributed by atoms with E-state index in [1.54, 1.807) is 0 Å². The van der Waals surface area contributed by atoms with Gasteiger partial charge in [-0.15, -0.1) is 0 Å². The lowest BCUT2D eigenvalue weighted by Gasteiger charge is -2.37. The summed E-state index contributed by atoms with van der Waals surface area (Å²) in [6.07, 6.45) is 8.64. The van der Waals surface area contributed by atoms with Crippen molar-refractivity contribution in [3.8, 4) is 0 Å². The average Bonchev–Trinajstić information content (AvgIpc) is 3.16. The standard InChI is InChI=1S/C19H28O2/c1-10(2)19(3,4)21-18(20)15-9-13-8-14(15)17-12-6-5-11(7-12)16(13)17/h5-6,10-17H,7-9H2,1-4H3. The van der Waals surface area contributed by atoms with Gasteiger partial charge >= 0.3 is 5.97 Å². The molecule has 0 amide bonds. The Labute approximate surface area is 128 Å². The van der Waals surface area contributed by atoms with Crippen molar-refractivity contribution in [2.45, 2.75) is 52.6 Å². The Morgan fingerprint density at radius 3 is 2.43 bits per heavy atom. The van der Waals surface area contributed by atoms with E-state index in [1.165, 1.54) is 12.8 Å². The van der Waals surface area contributed by atoms with Crippen LogP contribution in [0.4, 0.5) is 0 Å². The summed E-state index contributed by atoms with van der Waals surface area (Å²) in [4.78, 5) is 12.7. The zero-order chi connectivity index (χ0) is 14.9. The number of esters is 1. The minimum absolute atomic E-state index is 0.0893. The van der Waals surface area contributed by atoms with Gasteiger partial charge < -0.3 is 4.74 Å². The Morgan fingerprint density at radius 1 is 1.10 bits per heavy atom. The average molecular weight is 288 g/mol. The van der Waals surface area contributed by atoms with Crippen LogP contribution in [0.5, 0.6) is 0 Å². The zero-order valence-corrected chi connectivity index (χ0v) is 13.7. The second-order valence-corrected chi connectivity index (χ2v) is 8.78. The fourth-order valence-corrected chi connectivity index (χ4v) is 5.74. The van der Waals surface area contributed by atoms with E-state index in [2.05, 4.69) is 26.0 Å². The van der Waals surface area contributed by atoms with Crippen LogP contribution >= 0.6 is 0 Å². The lowest BCUT2D eigenvalue weighted by atomic mass is 9.69. The molecule has 2 nitrogen and oxygen atoms in total. The number of ether oxygens (including phenoxy) is 1. The van der Waals surface area contributed by atoms with Crippen molar-refractivity contribution in [3.05, 3.63) is 12.2 Å². The normalized spacial score (nSPS) is 46.4. The van der Waals surface area contributed by atoms with Crippen molar-refractivity contribution in [2.75, 3.05) is 0 Å². The van der Waals surface area contributed by atoms with Crippen LogP contribution in [0.1, 0.15) is 47.0 Å². The van der Waals surface area contributed by atoms with Crippen molar-refractivity contribution >= 4 is 5.97 Å². The van der Waals surface area contributed by atoms with E-state index in [1.807, 2.05) is 13.8 Å². The molecular weight excluding hydrogens is 260 g/mol. The van der Waals surface area contributed by atoms with E-state index < -0.39 is 0 Å². The molecule has 4 rings (SSSR count). The third kappa shape index (κ3) is 1.87. The molecule has 116 valence electrons. The number of carbonyl (C=O) groups excluding carboxylic acids is 1. The number of hydrogen-bond donors (Lipinski definition) is 0. The summed E-state index contributed by atoms with van der Waals surface area (Å²) < 4.78 is 5.91. The second kappa shape index (κ2) is 4.36. The molecule has 7 unspecified atom stereocenters. The molecule has 0 aromatic carbocycles. The summed E-state index contributed by atoms with van der Waals surface area (Å²) >= 11 is 0. The number of allylic oxidation sites excluding steroid dienone is 2. The van der Waals surface area contributed by atoms with E-state index in [-0.39, 0.29) is 17.5 Å². The summed E-state index contributed by atoms with van der Waals surface area (Å²) in [5.74, 6) is 5.31. The first-order valence-corrected chi connectivity index (χ1v) is 8.79. The molecule has 4 aliphatic rings. The summed E-state index contributed by atoms with van der Waals surface area (Å²) in [6.45, 7) is 8.35. The quantitative estimate of drug-likeness (QED) is 0.445. The lowest BCUT2D eigenvalue weighted by Crippen LogP contribution is -2.40. The lowest BCUT2D eigenvalue weighted by molar-refractivity contribution is -0.169. The molecule has 21 heavy (non-hydrogen) atoms. The molecule has 7 atom stereocenters. The number of rotatable bonds is 3. The van der Waals surface area contributed by atoms with Crippen LogP contribution in [-0.2, 0) is 9.53 Å². The minimum atomic E-state index is -0.340. The maximum atomic E-state index is 12.7. The second-order valence-electron chi connectivity index (χ2n) is 8.78. The van der Waals surface area contributed by atoms with E-state index >= 15 is 0 Å². The Bertz CT molecular complexity index is 490. The molecule has 0 N–H and O–H groups in total. The summed E-state index contributed by atoms with van der Waals surface area (Å²) in [6, 6.07) is 0. The Balaban J connectivity index is 1.49.